The van der Waals surface area contributed by atoms with Gasteiger partial charge in [0, 0.05) is 19.6 Å². The minimum atomic E-state index is -0.349. The van der Waals surface area contributed by atoms with Crippen LogP contribution in [-0.4, -0.2) is 91.7 Å². The SMILES string of the molecule is C[N+](C)(CCCCCCCCN1CCC(OC(=O)NC(c2ccccc2)c2ccccc2)CC1)CCCCN1C(=O)c2ccccc2C1=O. The number of nitrogens with one attached hydrogen (secondary N) is 1. The molecule has 0 radical (unpaired) electrons. The zero-order chi connectivity index (χ0) is 34.5. The number of rotatable bonds is 18. The van der Waals surface area contributed by atoms with Gasteiger partial charge in [0.15, 0.2) is 0 Å². The normalized spacial score (nSPS) is 15.5. The maximum atomic E-state index is 12.9. The number of carbonyl (C=O) groups excluding carboxylic acids is 3. The largest absolute Gasteiger partial charge is 0.446 e. The number of hydrogen-bond donors (Lipinski definition) is 1. The van der Waals surface area contributed by atoms with Crippen LogP contribution in [-0.2, 0) is 4.74 Å². The van der Waals surface area contributed by atoms with Crippen LogP contribution in [0, 0.1) is 0 Å². The average molecular weight is 668 g/mol. The predicted octanol–water partition coefficient (Wildman–Crippen LogP) is 7.46. The van der Waals surface area contributed by atoms with E-state index < -0.39 is 0 Å². The molecule has 8 heteroatoms. The Balaban J connectivity index is 0.876. The molecule has 2 aliphatic rings. The van der Waals surface area contributed by atoms with Crippen molar-refractivity contribution in [2.45, 2.75) is 76.4 Å². The van der Waals surface area contributed by atoms with Gasteiger partial charge in [-0.3, -0.25) is 14.5 Å². The van der Waals surface area contributed by atoms with Crippen molar-refractivity contribution in [3.8, 4) is 0 Å². The third-order valence-corrected chi connectivity index (χ3v) is 10.1. The van der Waals surface area contributed by atoms with Crippen LogP contribution >= 0.6 is 0 Å². The van der Waals surface area contributed by atoms with Gasteiger partial charge >= 0.3 is 6.09 Å². The fraction of sp³-hybridized carbons (Fsp3) is 0.488. The number of carbonyl (C=O) groups is 3. The average Bonchev–Trinajstić information content (AvgIpc) is 3.36. The first-order valence-electron chi connectivity index (χ1n) is 18.4. The van der Waals surface area contributed by atoms with Crippen LogP contribution in [0.1, 0.15) is 102 Å². The Bertz CT molecular complexity index is 1410. The van der Waals surface area contributed by atoms with Crippen LogP contribution < -0.4 is 5.32 Å². The summed E-state index contributed by atoms with van der Waals surface area (Å²) in [5.74, 6) is -0.301. The molecule has 3 aromatic rings. The summed E-state index contributed by atoms with van der Waals surface area (Å²) in [6.07, 6.45) is 10.7. The Kier molecular flexibility index (Phi) is 13.4. The van der Waals surface area contributed by atoms with Crippen molar-refractivity contribution in [3.05, 3.63) is 107 Å². The first-order valence-corrected chi connectivity index (χ1v) is 18.4. The van der Waals surface area contributed by atoms with Crippen LogP contribution in [0.2, 0.25) is 0 Å². The molecule has 0 aromatic heterocycles. The molecule has 8 nitrogen and oxygen atoms in total. The molecule has 262 valence electrons. The molecule has 3 aromatic carbocycles. The van der Waals surface area contributed by atoms with Gasteiger partial charge in [-0.25, -0.2) is 4.79 Å². The van der Waals surface area contributed by atoms with Crippen molar-refractivity contribution < 1.29 is 23.6 Å². The van der Waals surface area contributed by atoms with Gasteiger partial charge in [-0.1, -0.05) is 92.1 Å². The smallest absolute Gasteiger partial charge is 0.408 e. The number of quaternary nitrogens is 1. The van der Waals surface area contributed by atoms with Crippen LogP contribution in [0.4, 0.5) is 4.79 Å². The number of piperidine rings is 1. The molecule has 3 amide bonds. The van der Waals surface area contributed by atoms with E-state index in [0.29, 0.717) is 17.7 Å². The molecule has 1 N–H and O–H groups in total. The van der Waals surface area contributed by atoms with E-state index in [4.69, 9.17) is 4.74 Å². The van der Waals surface area contributed by atoms with Gasteiger partial charge < -0.3 is 19.4 Å². The molecule has 0 saturated carbocycles. The third-order valence-electron chi connectivity index (χ3n) is 10.1. The van der Waals surface area contributed by atoms with Crippen LogP contribution in [0.3, 0.4) is 0 Å². The molecule has 2 heterocycles. The standard InChI is InChI=1S/C41H54N4O4/c1-45(2,32-18-16-28-44-39(46)36-23-13-14-24-37(36)40(44)47)31-17-6-4-3-5-15-27-43-29-25-35(26-30-43)49-41(48)42-38(33-19-9-7-10-20-33)34-21-11-8-12-22-34/h7-14,19-24,35,38H,3-6,15-18,25-32H2,1-2H3/p+1. The van der Waals surface area contributed by atoms with Gasteiger partial charge in [-0.05, 0) is 74.8 Å². The van der Waals surface area contributed by atoms with Crippen LogP contribution in [0.15, 0.2) is 84.9 Å². The molecule has 0 bridgehead atoms. The molecule has 1 saturated heterocycles. The zero-order valence-electron chi connectivity index (χ0n) is 29.5. The van der Waals surface area contributed by atoms with E-state index in [1.807, 2.05) is 72.8 Å². The number of hydrogen-bond acceptors (Lipinski definition) is 5. The van der Waals surface area contributed by atoms with E-state index in [1.54, 1.807) is 12.1 Å². The Morgan fingerprint density at radius 3 is 1.73 bits per heavy atom. The minimum Gasteiger partial charge on any atom is -0.446 e. The molecule has 2 aliphatic heterocycles. The summed E-state index contributed by atoms with van der Waals surface area (Å²) in [5, 5.41) is 3.11. The molecule has 5 rings (SSSR count). The van der Waals surface area contributed by atoms with Crippen LogP contribution in [0.5, 0.6) is 0 Å². The highest BCUT2D eigenvalue weighted by molar-refractivity contribution is 6.21. The quantitative estimate of drug-likeness (QED) is 0.0866. The molecule has 0 aliphatic carbocycles. The van der Waals surface area contributed by atoms with Gasteiger partial charge in [-0.15, -0.1) is 0 Å². The van der Waals surface area contributed by atoms with E-state index >= 15 is 0 Å². The molecular weight excluding hydrogens is 612 g/mol. The van der Waals surface area contributed by atoms with Crippen LogP contribution in [0.25, 0.3) is 0 Å². The molecule has 0 atom stereocenters. The number of amides is 3. The van der Waals surface area contributed by atoms with Crippen molar-refractivity contribution in [3.63, 3.8) is 0 Å². The van der Waals surface area contributed by atoms with Gasteiger partial charge in [0.05, 0.1) is 44.4 Å². The number of nitrogens with zero attached hydrogens (tertiary/aromatic N) is 3. The van der Waals surface area contributed by atoms with Crippen molar-refractivity contribution in [2.24, 2.45) is 0 Å². The Labute approximate surface area is 293 Å². The summed E-state index contributed by atoms with van der Waals surface area (Å²) in [4.78, 5) is 42.0. The molecular formula is C41H55N4O4+. The van der Waals surface area contributed by atoms with Crippen molar-refractivity contribution in [1.29, 1.82) is 0 Å². The van der Waals surface area contributed by atoms with Gasteiger partial charge in [0.1, 0.15) is 6.10 Å². The second kappa shape index (κ2) is 18.1. The monoisotopic (exact) mass is 667 g/mol. The molecule has 1 fully saturated rings. The van der Waals surface area contributed by atoms with Crippen molar-refractivity contribution in [2.75, 3.05) is 53.4 Å². The number of ether oxygens (including phenoxy) is 1. The summed E-state index contributed by atoms with van der Waals surface area (Å²) in [6.45, 7) is 5.78. The zero-order valence-corrected chi connectivity index (χ0v) is 29.5. The summed E-state index contributed by atoms with van der Waals surface area (Å²) in [7, 11) is 4.57. The molecule has 0 spiro atoms. The Hall–Kier alpha value is -4.01. The van der Waals surface area contributed by atoms with Gasteiger partial charge in [0.2, 0.25) is 0 Å². The van der Waals surface area contributed by atoms with E-state index in [2.05, 4.69) is 24.3 Å². The summed E-state index contributed by atoms with van der Waals surface area (Å²) < 4.78 is 6.86. The molecule has 0 unspecified atom stereocenters. The highest BCUT2D eigenvalue weighted by atomic mass is 16.6. The number of fused-ring (bicyclic) bond motifs is 1. The Morgan fingerprint density at radius 1 is 0.694 bits per heavy atom. The predicted molar refractivity (Wildman–Crippen MR) is 194 cm³/mol. The lowest BCUT2D eigenvalue weighted by molar-refractivity contribution is -0.890. The van der Waals surface area contributed by atoms with Gasteiger partial charge in [-0.2, -0.15) is 0 Å². The lowest BCUT2D eigenvalue weighted by Gasteiger charge is -2.32. The molecule has 49 heavy (non-hydrogen) atoms. The van der Waals surface area contributed by atoms with E-state index in [0.717, 1.165) is 74.0 Å². The topological polar surface area (TPSA) is 79.0 Å². The van der Waals surface area contributed by atoms with E-state index in [9.17, 15) is 14.4 Å². The number of imide groups is 1. The summed E-state index contributed by atoms with van der Waals surface area (Å²) >= 11 is 0. The van der Waals surface area contributed by atoms with Gasteiger partial charge in [0.25, 0.3) is 11.8 Å². The fourth-order valence-electron chi connectivity index (χ4n) is 7.15. The lowest BCUT2D eigenvalue weighted by Crippen LogP contribution is -2.41. The second-order valence-electron chi connectivity index (χ2n) is 14.4. The highest BCUT2D eigenvalue weighted by Gasteiger charge is 2.34. The van der Waals surface area contributed by atoms with Crippen molar-refractivity contribution in [1.82, 2.24) is 15.1 Å². The highest BCUT2D eigenvalue weighted by Crippen LogP contribution is 2.24. The van der Waals surface area contributed by atoms with E-state index in [1.165, 1.54) is 43.4 Å². The maximum absolute atomic E-state index is 12.9. The Morgan fingerprint density at radius 2 is 1.16 bits per heavy atom. The third kappa shape index (κ3) is 10.7. The first kappa shape index (κ1) is 36.3. The summed E-state index contributed by atoms with van der Waals surface area (Å²) in [5.41, 5.74) is 3.15. The second-order valence-corrected chi connectivity index (χ2v) is 14.4. The van der Waals surface area contributed by atoms with E-state index in [-0.39, 0.29) is 30.1 Å². The number of likely N-dealkylation sites (tertiary alicyclic amines) is 1. The minimum absolute atomic E-state index is 0.0394. The summed E-state index contributed by atoms with van der Waals surface area (Å²) in [6, 6.07) is 27.0. The first-order chi connectivity index (χ1) is 23.8. The van der Waals surface area contributed by atoms with Crippen molar-refractivity contribution >= 4 is 17.9 Å². The number of benzene rings is 3. The number of alkyl carbamates (subject to hydrolysis) is 1. The lowest BCUT2D eigenvalue weighted by atomic mass is 9.99. The number of unbranched alkanes of at least 4 members (excludes halogenated alkanes) is 6. The maximum Gasteiger partial charge on any atom is 0.408 e. The fourth-order valence-corrected chi connectivity index (χ4v) is 7.15.